The maximum Gasteiger partial charge on any atom is 0.244 e. The molecule has 0 radical (unpaired) electrons. The molecule has 0 saturated carbocycles. The lowest BCUT2D eigenvalue weighted by atomic mass is 10.2. The van der Waals surface area contributed by atoms with Gasteiger partial charge in [0, 0.05) is 23.3 Å². The molecule has 1 amide bonds. The number of rotatable bonds is 5. The molecule has 0 spiro atoms. The number of hydrogen-bond donors (Lipinski definition) is 2. The molecule has 1 heterocycles. The summed E-state index contributed by atoms with van der Waals surface area (Å²) in [5.41, 5.74) is 0.620. The third-order valence-corrected chi connectivity index (χ3v) is 3.38. The van der Waals surface area contributed by atoms with E-state index in [0.717, 1.165) is 0 Å². The molecule has 0 bridgehead atoms. The second-order valence-electron chi connectivity index (χ2n) is 3.95. The van der Waals surface area contributed by atoms with Crippen molar-refractivity contribution in [2.24, 2.45) is 0 Å². The molecule has 2 rings (SSSR count). The maximum absolute atomic E-state index is 11.9. The molecule has 0 aliphatic heterocycles. The normalized spacial score (nSPS) is 10.1. The topological polar surface area (TPSA) is 76.3 Å². The van der Waals surface area contributed by atoms with Crippen LogP contribution in [0.3, 0.4) is 0 Å². The second kappa shape index (κ2) is 6.25. The molecule has 106 valence electrons. The minimum absolute atomic E-state index is 0.108. The van der Waals surface area contributed by atoms with Gasteiger partial charge in [-0.25, -0.2) is 0 Å². The fourth-order valence-electron chi connectivity index (χ4n) is 1.70. The minimum Gasteiger partial charge on any atom is -0.493 e. The van der Waals surface area contributed by atoms with Crippen LogP contribution in [0.15, 0.2) is 29.8 Å². The van der Waals surface area contributed by atoms with Crippen molar-refractivity contribution in [3.63, 3.8) is 0 Å². The summed E-state index contributed by atoms with van der Waals surface area (Å²) < 4.78 is 11.9. The van der Waals surface area contributed by atoms with Crippen LogP contribution >= 0.6 is 11.3 Å². The van der Waals surface area contributed by atoms with Crippen LogP contribution in [-0.2, 0) is 11.3 Å². The number of anilines is 1. The zero-order chi connectivity index (χ0) is 14.5. The monoisotopic (exact) mass is 293 g/mol. The van der Waals surface area contributed by atoms with Crippen LogP contribution in [-0.4, -0.2) is 24.7 Å². The zero-order valence-electron chi connectivity index (χ0n) is 11.2. The number of carbonyl (C=O) groups is 1. The first-order valence-electron chi connectivity index (χ1n) is 5.84. The Morgan fingerprint density at radius 3 is 2.70 bits per heavy atom. The summed E-state index contributed by atoms with van der Waals surface area (Å²) in [5.74, 6) is 0.954. The quantitative estimate of drug-likeness (QED) is 0.880. The lowest BCUT2D eigenvalue weighted by Gasteiger charge is -2.10. The Morgan fingerprint density at radius 1 is 1.35 bits per heavy atom. The van der Waals surface area contributed by atoms with Gasteiger partial charge < -0.3 is 19.4 Å². The number of carbonyl (C=O) groups excluding carboxylic acids is 1. The summed E-state index contributed by atoms with van der Waals surface area (Å²) in [4.78, 5) is 12.2. The van der Waals surface area contributed by atoms with Gasteiger partial charge in [-0.2, -0.15) is 0 Å². The lowest BCUT2D eigenvalue weighted by Crippen LogP contribution is -2.23. The van der Waals surface area contributed by atoms with Crippen molar-refractivity contribution in [3.05, 3.63) is 34.6 Å². The van der Waals surface area contributed by atoms with E-state index in [4.69, 9.17) is 14.9 Å². The molecule has 0 fully saturated rings. The number of ether oxygens (including phenoxy) is 2. The highest BCUT2D eigenvalue weighted by Crippen LogP contribution is 2.29. The summed E-state index contributed by atoms with van der Waals surface area (Å²) in [7, 11) is 3.09. The van der Waals surface area contributed by atoms with Crippen molar-refractivity contribution >= 4 is 22.9 Å². The average molecular weight is 293 g/mol. The molecule has 0 unspecified atom stereocenters. The summed E-state index contributed by atoms with van der Waals surface area (Å²) in [6, 6.07) is 5.15. The summed E-state index contributed by atoms with van der Waals surface area (Å²) in [6.45, 7) is 0.108. The van der Waals surface area contributed by atoms with E-state index in [0.29, 0.717) is 22.0 Å². The zero-order valence-corrected chi connectivity index (χ0v) is 12.0. The minimum atomic E-state index is -0.200. The number of nitrogens with zero attached hydrogens (tertiary/aromatic N) is 1. The fraction of sp³-hybridized carbons (Fsp3) is 0.231. The summed E-state index contributed by atoms with van der Waals surface area (Å²) in [5, 5.41) is 12.1. The van der Waals surface area contributed by atoms with E-state index in [-0.39, 0.29) is 12.5 Å². The van der Waals surface area contributed by atoms with Gasteiger partial charge in [0.25, 0.3) is 0 Å². The number of thiazole rings is 1. The molecule has 0 aliphatic carbocycles. The molecule has 0 saturated heterocycles. The smallest absolute Gasteiger partial charge is 0.244 e. The van der Waals surface area contributed by atoms with Crippen LogP contribution in [0.2, 0.25) is 0 Å². The Hall–Kier alpha value is -2.28. The van der Waals surface area contributed by atoms with Gasteiger partial charge in [0.15, 0.2) is 16.3 Å². The van der Waals surface area contributed by atoms with E-state index in [1.54, 1.807) is 41.5 Å². The number of benzene rings is 1. The van der Waals surface area contributed by atoms with Gasteiger partial charge >= 0.3 is 0 Å². The highest BCUT2D eigenvalue weighted by molar-refractivity contribution is 7.06. The number of methoxy groups -OCH3 is 2. The van der Waals surface area contributed by atoms with Crippen LogP contribution in [0.1, 0.15) is 0 Å². The van der Waals surface area contributed by atoms with E-state index in [1.165, 1.54) is 18.4 Å². The van der Waals surface area contributed by atoms with E-state index in [2.05, 4.69) is 5.32 Å². The Kier molecular flexibility index (Phi) is 4.41. The Balaban J connectivity index is 2.08. The number of aromatic nitrogens is 1. The molecular formula is C13H15N3O3S. The second-order valence-corrected chi connectivity index (χ2v) is 4.85. The highest BCUT2D eigenvalue weighted by atomic mass is 32.1. The Labute approximate surface area is 120 Å². The lowest BCUT2D eigenvalue weighted by molar-refractivity contribution is -0.116. The van der Waals surface area contributed by atoms with Gasteiger partial charge in [-0.1, -0.05) is 0 Å². The molecule has 20 heavy (non-hydrogen) atoms. The van der Waals surface area contributed by atoms with E-state index in [1.807, 2.05) is 0 Å². The van der Waals surface area contributed by atoms with Gasteiger partial charge in [-0.05, 0) is 12.1 Å². The van der Waals surface area contributed by atoms with E-state index >= 15 is 0 Å². The van der Waals surface area contributed by atoms with E-state index in [9.17, 15) is 4.79 Å². The predicted molar refractivity (Wildman–Crippen MR) is 76.3 cm³/mol. The third-order valence-electron chi connectivity index (χ3n) is 2.66. The molecule has 1 aromatic carbocycles. The van der Waals surface area contributed by atoms with Gasteiger partial charge in [-0.15, -0.1) is 11.3 Å². The van der Waals surface area contributed by atoms with Crippen LogP contribution in [0.5, 0.6) is 11.5 Å². The van der Waals surface area contributed by atoms with Gasteiger partial charge in [0.1, 0.15) is 6.54 Å². The average Bonchev–Trinajstić information content (AvgIpc) is 2.84. The van der Waals surface area contributed by atoms with Gasteiger partial charge in [0.05, 0.1) is 14.2 Å². The molecule has 2 N–H and O–H groups in total. The third kappa shape index (κ3) is 3.18. The van der Waals surface area contributed by atoms with Crippen molar-refractivity contribution in [2.75, 3.05) is 19.5 Å². The van der Waals surface area contributed by atoms with Crippen LogP contribution in [0.4, 0.5) is 5.69 Å². The van der Waals surface area contributed by atoms with Gasteiger partial charge in [-0.3, -0.25) is 10.2 Å². The molecule has 0 aliphatic rings. The Morgan fingerprint density at radius 2 is 2.10 bits per heavy atom. The summed E-state index contributed by atoms with van der Waals surface area (Å²) in [6.07, 6.45) is 1.71. The number of nitrogens with one attached hydrogen (secondary N) is 2. The standard InChI is InChI=1S/C13H15N3O3S/c1-18-10-4-3-9(7-11(10)19-2)15-12(17)8-16-5-6-20-13(16)14/h3-7,14H,8H2,1-2H3,(H,15,17). The molecule has 1 aromatic heterocycles. The molecule has 6 nitrogen and oxygen atoms in total. The first-order chi connectivity index (χ1) is 9.63. The van der Waals surface area contributed by atoms with Crippen LogP contribution in [0, 0.1) is 5.41 Å². The van der Waals surface area contributed by atoms with Crippen molar-refractivity contribution in [1.82, 2.24) is 4.57 Å². The van der Waals surface area contributed by atoms with Crippen LogP contribution < -0.4 is 19.6 Å². The van der Waals surface area contributed by atoms with Crippen molar-refractivity contribution in [2.45, 2.75) is 6.54 Å². The van der Waals surface area contributed by atoms with Crippen molar-refractivity contribution in [1.29, 1.82) is 5.41 Å². The number of hydrogen-bond acceptors (Lipinski definition) is 5. The highest BCUT2D eigenvalue weighted by Gasteiger charge is 2.08. The van der Waals surface area contributed by atoms with Gasteiger partial charge in [0.2, 0.25) is 5.91 Å². The molecule has 7 heteroatoms. The largest absolute Gasteiger partial charge is 0.493 e. The predicted octanol–water partition coefficient (Wildman–Crippen LogP) is 1.68. The first kappa shape index (κ1) is 14.1. The van der Waals surface area contributed by atoms with E-state index < -0.39 is 0 Å². The maximum atomic E-state index is 11.9. The molecule has 0 atom stereocenters. The fourth-order valence-corrected chi connectivity index (χ4v) is 2.29. The molecule has 2 aromatic rings. The summed E-state index contributed by atoms with van der Waals surface area (Å²) >= 11 is 1.28. The van der Waals surface area contributed by atoms with Crippen molar-refractivity contribution in [3.8, 4) is 11.5 Å². The van der Waals surface area contributed by atoms with Crippen molar-refractivity contribution < 1.29 is 14.3 Å². The Bertz CT molecular complexity index is 663. The molecular weight excluding hydrogens is 278 g/mol. The SMILES string of the molecule is COc1ccc(NC(=O)Cn2ccsc2=N)cc1OC. The van der Waals surface area contributed by atoms with Crippen LogP contribution in [0.25, 0.3) is 0 Å². The first-order valence-corrected chi connectivity index (χ1v) is 6.72. The number of amides is 1.